The summed E-state index contributed by atoms with van der Waals surface area (Å²) in [7, 11) is 0. The van der Waals surface area contributed by atoms with E-state index in [2.05, 4.69) is 0 Å². The molecule has 2 aromatic heterocycles. The van der Waals surface area contributed by atoms with Crippen LogP contribution in [0.15, 0.2) is 33.9 Å². The van der Waals surface area contributed by atoms with Gasteiger partial charge in [0, 0.05) is 11.1 Å². The smallest absolute Gasteiger partial charge is 0.286 e. The molecule has 0 bridgehead atoms. The van der Waals surface area contributed by atoms with E-state index in [9.17, 15) is 20.0 Å². The molecule has 2 heterocycles. The van der Waals surface area contributed by atoms with Crippen LogP contribution in [0.5, 0.6) is 0 Å². The van der Waals surface area contributed by atoms with Crippen molar-refractivity contribution in [1.29, 1.82) is 0 Å². The molecule has 0 spiro atoms. The zero-order chi connectivity index (χ0) is 21.8. The fourth-order valence-electron chi connectivity index (χ4n) is 2.87. The van der Waals surface area contributed by atoms with E-state index in [0.717, 1.165) is 9.46 Å². The quantitative estimate of drug-likeness (QED) is 0.675. The van der Waals surface area contributed by atoms with Crippen LogP contribution in [0.4, 0.5) is 0 Å². The van der Waals surface area contributed by atoms with Crippen molar-refractivity contribution in [3.63, 3.8) is 0 Å². The van der Waals surface area contributed by atoms with Crippen molar-refractivity contribution in [1.82, 2.24) is 9.46 Å². The van der Waals surface area contributed by atoms with Gasteiger partial charge in [0.15, 0.2) is 0 Å². The molecule has 0 aliphatic carbocycles. The van der Waals surface area contributed by atoms with Gasteiger partial charge in [-0.25, -0.2) is 0 Å². The van der Waals surface area contributed by atoms with Gasteiger partial charge in [-0.15, -0.1) is 0 Å². The Morgan fingerprint density at radius 1 is 0.586 bits per heavy atom. The predicted molar refractivity (Wildman–Crippen MR) is 119 cm³/mol. The third-order valence-electron chi connectivity index (χ3n) is 4.66. The number of nitrogens with zero attached hydrogens (tertiary/aromatic N) is 2. The molecule has 0 radical (unpaired) electrons. The van der Waals surface area contributed by atoms with Crippen LogP contribution < -0.4 is 11.1 Å². The third kappa shape index (κ3) is 6.24. The van der Waals surface area contributed by atoms with Gasteiger partial charge < -0.3 is 10.4 Å². The number of hydrogen-bond acceptors (Lipinski definition) is 4. The molecule has 0 aliphatic heterocycles. The Hall–Kier alpha value is -2.50. The largest absolute Gasteiger partial charge is 0.425 e. The van der Waals surface area contributed by atoms with Gasteiger partial charge in [-0.2, -0.15) is 9.46 Å². The van der Waals surface area contributed by atoms with Crippen LogP contribution in [0.25, 0.3) is 0 Å². The van der Waals surface area contributed by atoms with Gasteiger partial charge in [0.1, 0.15) is 0 Å². The molecule has 0 atom stereocenters. The highest BCUT2D eigenvalue weighted by molar-refractivity contribution is 5.20. The first kappa shape index (κ1) is 26.5. The van der Waals surface area contributed by atoms with Crippen LogP contribution in [0.2, 0.25) is 0 Å². The molecular weight excluding hydrogens is 368 g/mol. The Bertz CT molecular complexity index is 831. The number of aromatic nitrogens is 2. The maximum absolute atomic E-state index is 11.6. The first-order valence-electron chi connectivity index (χ1n) is 9.80. The molecule has 0 amide bonds. The Kier molecular flexibility index (Phi) is 9.95. The molecule has 29 heavy (non-hydrogen) atoms. The minimum Gasteiger partial charge on any atom is -0.425 e. The lowest BCUT2D eigenvalue weighted by Gasteiger charge is -2.12. The standard InChI is InChI=1S/2C11H17NO2.CH4/c2*1-7(2)9-5-6-10(8(3)4)12(14)11(9)13;/h2*5-8,14H,1-4H3;1H4. The first-order valence-corrected chi connectivity index (χ1v) is 9.80. The Balaban J connectivity index is 0.000000523. The second-order valence-corrected chi connectivity index (χ2v) is 8.28. The molecule has 164 valence electrons. The summed E-state index contributed by atoms with van der Waals surface area (Å²) in [4.78, 5) is 23.3. The van der Waals surface area contributed by atoms with E-state index in [-0.39, 0.29) is 42.2 Å². The highest BCUT2D eigenvalue weighted by Crippen LogP contribution is 2.16. The maximum Gasteiger partial charge on any atom is 0.286 e. The van der Waals surface area contributed by atoms with Crippen LogP contribution in [0.1, 0.15) is 109 Å². The van der Waals surface area contributed by atoms with Crippen molar-refractivity contribution in [3.05, 3.63) is 67.5 Å². The normalized spacial score (nSPS) is 10.9. The van der Waals surface area contributed by atoms with Crippen molar-refractivity contribution in [2.75, 3.05) is 0 Å². The fourth-order valence-corrected chi connectivity index (χ4v) is 2.87. The summed E-state index contributed by atoms with van der Waals surface area (Å²) in [5.74, 6) is 0.576. The maximum atomic E-state index is 11.6. The lowest BCUT2D eigenvalue weighted by Crippen LogP contribution is -2.25. The molecule has 6 heteroatoms. The minimum atomic E-state index is -0.300. The summed E-state index contributed by atoms with van der Waals surface area (Å²) < 4.78 is 1.53. The van der Waals surface area contributed by atoms with Crippen molar-refractivity contribution >= 4 is 0 Å². The summed E-state index contributed by atoms with van der Waals surface area (Å²) in [5.41, 5.74) is 2.00. The van der Waals surface area contributed by atoms with Crippen LogP contribution in [0, 0.1) is 0 Å². The zero-order valence-electron chi connectivity index (χ0n) is 18.2. The van der Waals surface area contributed by atoms with Crippen molar-refractivity contribution in [3.8, 4) is 0 Å². The summed E-state index contributed by atoms with van der Waals surface area (Å²) in [6, 6.07) is 7.22. The molecule has 2 rings (SSSR count). The zero-order valence-corrected chi connectivity index (χ0v) is 18.2. The molecular formula is C23H38N2O4. The molecule has 0 aromatic carbocycles. The summed E-state index contributed by atoms with van der Waals surface area (Å²) >= 11 is 0. The molecule has 0 fully saturated rings. The SMILES string of the molecule is C.CC(C)c1ccc(C(C)C)n(O)c1=O.CC(C)c1ccc(C(C)C)n(O)c1=O. The topological polar surface area (TPSA) is 84.5 Å². The Morgan fingerprint density at radius 3 is 1.07 bits per heavy atom. The number of rotatable bonds is 4. The highest BCUT2D eigenvalue weighted by Gasteiger charge is 2.13. The second-order valence-electron chi connectivity index (χ2n) is 8.28. The summed E-state index contributed by atoms with van der Waals surface area (Å²) in [6.45, 7) is 15.5. The number of hydrogen-bond donors (Lipinski definition) is 2. The summed E-state index contributed by atoms with van der Waals surface area (Å²) in [5, 5.41) is 19.2. The van der Waals surface area contributed by atoms with Gasteiger partial charge in [-0.1, -0.05) is 74.9 Å². The van der Waals surface area contributed by atoms with E-state index in [1.54, 1.807) is 24.3 Å². The second kappa shape index (κ2) is 10.9. The van der Waals surface area contributed by atoms with E-state index in [1.807, 2.05) is 55.4 Å². The monoisotopic (exact) mass is 406 g/mol. The first-order chi connectivity index (χ1) is 12.9. The van der Waals surface area contributed by atoms with E-state index in [1.165, 1.54) is 0 Å². The van der Waals surface area contributed by atoms with Crippen LogP contribution in [0.3, 0.4) is 0 Å². The predicted octanol–water partition coefficient (Wildman–Crippen LogP) is 5.30. The number of pyridine rings is 2. The highest BCUT2D eigenvalue weighted by atomic mass is 16.5. The van der Waals surface area contributed by atoms with Crippen molar-refractivity contribution in [2.24, 2.45) is 0 Å². The molecule has 2 N–H and O–H groups in total. The molecule has 0 unspecified atom stereocenters. The van der Waals surface area contributed by atoms with Crippen LogP contribution >= 0.6 is 0 Å². The fraction of sp³-hybridized carbons (Fsp3) is 0.565. The van der Waals surface area contributed by atoms with Crippen LogP contribution in [-0.4, -0.2) is 19.9 Å². The lowest BCUT2D eigenvalue weighted by molar-refractivity contribution is 0.161. The lowest BCUT2D eigenvalue weighted by atomic mass is 10.0. The average molecular weight is 407 g/mol. The van der Waals surface area contributed by atoms with Gasteiger partial charge in [-0.3, -0.25) is 9.59 Å². The molecule has 2 aromatic rings. The van der Waals surface area contributed by atoms with Gasteiger partial charge in [-0.05, 0) is 35.8 Å². The average Bonchev–Trinajstić information content (AvgIpc) is 2.58. The molecule has 0 saturated carbocycles. The third-order valence-corrected chi connectivity index (χ3v) is 4.66. The molecule has 6 nitrogen and oxygen atoms in total. The van der Waals surface area contributed by atoms with E-state index in [4.69, 9.17) is 0 Å². The molecule has 0 saturated heterocycles. The van der Waals surface area contributed by atoms with Crippen molar-refractivity contribution < 1.29 is 10.4 Å². The van der Waals surface area contributed by atoms with E-state index in [0.29, 0.717) is 22.5 Å². The van der Waals surface area contributed by atoms with Crippen LogP contribution in [-0.2, 0) is 0 Å². The summed E-state index contributed by atoms with van der Waals surface area (Å²) in [6.07, 6.45) is 0. The van der Waals surface area contributed by atoms with Gasteiger partial charge in [0.05, 0.1) is 11.4 Å². The van der Waals surface area contributed by atoms with Gasteiger partial charge >= 0.3 is 0 Å². The minimum absolute atomic E-state index is 0. The van der Waals surface area contributed by atoms with E-state index < -0.39 is 0 Å². The van der Waals surface area contributed by atoms with Gasteiger partial charge in [0.2, 0.25) is 0 Å². The van der Waals surface area contributed by atoms with Crippen molar-refractivity contribution in [2.45, 2.75) is 86.5 Å². The molecule has 0 aliphatic rings. The van der Waals surface area contributed by atoms with E-state index >= 15 is 0 Å². The van der Waals surface area contributed by atoms with Gasteiger partial charge in [0.25, 0.3) is 11.1 Å². The Morgan fingerprint density at radius 2 is 0.862 bits per heavy atom. The Labute approximate surface area is 174 Å².